The fraction of sp³-hybridized carbons (Fsp3) is 0.438. The van der Waals surface area contributed by atoms with Crippen LogP contribution in [0.3, 0.4) is 0 Å². The molecule has 0 spiro atoms. The molecule has 1 aromatic heterocycles. The van der Waals surface area contributed by atoms with E-state index in [1.165, 1.54) is 6.20 Å². The number of piperidine rings is 1. The van der Waals surface area contributed by atoms with Crippen molar-refractivity contribution in [2.45, 2.75) is 17.7 Å². The standard InChI is InChI=1S/C16H22N4O2S.ClH/c1-17-11-14-7-9-19(10-8-14)23(21,22)16-12-18-20(13-16)15-5-3-2-4-6-15;/h2-6,12-14,17H,7-11H2,1H3;1H. The second kappa shape index (κ2) is 8.11. The van der Waals surface area contributed by atoms with Gasteiger partial charge in [0.2, 0.25) is 10.0 Å². The lowest BCUT2D eigenvalue weighted by Crippen LogP contribution is -2.40. The van der Waals surface area contributed by atoms with Gasteiger partial charge in [-0.25, -0.2) is 13.1 Å². The molecule has 0 radical (unpaired) electrons. The first-order valence-electron chi connectivity index (χ1n) is 7.86. The summed E-state index contributed by atoms with van der Waals surface area (Å²) in [5, 5.41) is 7.36. The van der Waals surface area contributed by atoms with Crippen LogP contribution in [0.1, 0.15) is 12.8 Å². The van der Waals surface area contributed by atoms with E-state index < -0.39 is 10.0 Å². The molecule has 0 bridgehead atoms. The number of sulfonamides is 1. The third-order valence-corrected chi connectivity index (χ3v) is 6.14. The zero-order valence-electron chi connectivity index (χ0n) is 13.6. The number of nitrogens with zero attached hydrogens (tertiary/aromatic N) is 3. The highest BCUT2D eigenvalue weighted by Gasteiger charge is 2.30. The first-order chi connectivity index (χ1) is 11.1. The van der Waals surface area contributed by atoms with E-state index in [1.807, 2.05) is 37.4 Å². The van der Waals surface area contributed by atoms with Crippen LogP contribution in [0.25, 0.3) is 5.69 Å². The molecule has 8 heteroatoms. The molecule has 2 aromatic rings. The van der Waals surface area contributed by atoms with E-state index in [4.69, 9.17) is 0 Å². The normalized spacial score (nSPS) is 16.7. The monoisotopic (exact) mass is 370 g/mol. The quantitative estimate of drug-likeness (QED) is 0.873. The van der Waals surface area contributed by atoms with Gasteiger partial charge in [0.25, 0.3) is 0 Å². The summed E-state index contributed by atoms with van der Waals surface area (Å²) < 4.78 is 28.7. The predicted octanol–water partition coefficient (Wildman–Crippen LogP) is 1.91. The van der Waals surface area contributed by atoms with E-state index in [9.17, 15) is 8.42 Å². The number of rotatable bonds is 5. The van der Waals surface area contributed by atoms with Crippen LogP contribution >= 0.6 is 12.4 Å². The third kappa shape index (κ3) is 3.97. The SMILES string of the molecule is CNCC1CCN(S(=O)(=O)c2cnn(-c3ccccc3)c2)CC1.Cl. The Labute approximate surface area is 149 Å². The van der Waals surface area contributed by atoms with E-state index in [1.54, 1.807) is 15.2 Å². The minimum absolute atomic E-state index is 0. The maximum absolute atomic E-state index is 12.8. The van der Waals surface area contributed by atoms with Crippen molar-refractivity contribution in [3.8, 4) is 5.69 Å². The molecule has 2 heterocycles. The summed E-state index contributed by atoms with van der Waals surface area (Å²) in [5.74, 6) is 0.554. The van der Waals surface area contributed by atoms with E-state index >= 15 is 0 Å². The highest BCUT2D eigenvalue weighted by atomic mass is 35.5. The van der Waals surface area contributed by atoms with Crippen LogP contribution in [0.5, 0.6) is 0 Å². The Bertz CT molecular complexity index is 740. The van der Waals surface area contributed by atoms with E-state index in [-0.39, 0.29) is 17.3 Å². The Morgan fingerprint density at radius 2 is 1.88 bits per heavy atom. The zero-order chi connectivity index (χ0) is 16.3. The van der Waals surface area contributed by atoms with Gasteiger partial charge in [0.15, 0.2) is 0 Å². The van der Waals surface area contributed by atoms with Gasteiger partial charge >= 0.3 is 0 Å². The molecular weight excluding hydrogens is 348 g/mol. The number of halogens is 1. The van der Waals surface area contributed by atoms with Crippen LogP contribution in [0, 0.1) is 5.92 Å². The van der Waals surface area contributed by atoms with Crippen molar-refractivity contribution in [1.29, 1.82) is 0 Å². The van der Waals surface area contributed by atoms with Gasteiger partial charge in [-0.15, -0.1) is 12.4 Å². The summed E-state index contributed by atoms with van der Waals surface area (Å²) in [6.45, 7) is 2.09. The molecule has 24 heavy (non-hydrogen) atoms. The van der Waals surface area contributed by atoms with Gasteiger partial charge in [0.05, 0.1) is 18.1 Å². The minimum atomic E-state index is -3.46. The fourth-order valence-electron chi connectivity index (χ4n) is 2.95. The van der Waals surface area contributed by atoms with Crippen LogP contribution < -0.4 is 5.32 Å². The average Bonchev–Trinajstić information content (AvgIpc) is 3.07. The second-order valence-electron chi connectivity index (χ2n) is 5.86. The maximum Gasteiger partial charge on any atom is 0.246 e. The molecular formula is C16H23ClN4O2S. The van der Waals surface area contributed by atoms with E-state index in [0.717, 1.165) is 25.1 Å². The van der Waals surface area contributed by atoms with Crippen molar-refractivity contribution in [2.24, 2.45) is 5.92 Å². The number of benzene rings is 1. The van der Waals surface area contributed by atoms with Crippen molar-refractivity contribution in [3.63, 3.8) is 0 Å². The molecule has 1 N–H and O–H groups in total. The van der Waals surface area contributed by atoms with E-state index in [2.05, 4.69) is 10.4 Å². The molecule has 1 fully saturated rings. The summed E-state index contributed by atoms with van der Waals surface area (Å²) in [5.41, 5.74) is 0.849. The Hall–Kier alpha value is -1.41. The third-order valence-electron chi connectivity index (χ3n) is 4.28. The zero-order valence-corrected chi connectivity index (χ0v) is 15.3. The van der Waals surface area contributed by atoms with Gasteiger partial charge in [0.1, 0.15) is 4.90 Å². The molecule has 0 unspecified atom stereocenters. The highest BCUT2D eigenvalue weighted by Crippen LogP contribution is 2.23. The van der Waals surface area contributed by atoms with Gasteiger partial charge in [-0.1, -0.05) is 18.2 Å². The topological polar surface area (TPSA) is 67.2 Å². The minimum Gasteiger partial charge on any atom is -0.319 e. The first-order valence-corrected chi connectivity index (χ1v) is 9.30. The lowest BCUT2D eigenvalue weighted by molar-refractivity contribution is 0.270. The fourth-order valence-corrected chi connectivity index (χ4v) is 4.36. The Morgan fingerprint density at radius 3 is 2.50 bits per heavy atom. The number of hydrogen-bond donors (Lipinski definition) is 1. The Balaban J connectivity index is 0.00000208. The smallest absolute Gasteiger partial charge is 0.246 e. The highest BCUT2D eigenvalue weighted by molar-refractivity contribution is 7.89. The molecule has 6 nitrogen and oxygen atoms in total. The van der Waals surface area contributed by atoms with Crippen LogP contribution in [-0.2, 0) is 10.0 Å². The molecule has 3 rings (SSSR count). The number of para-hydroxylation sites is 1. The first kappa shape index (κ1) is 18.9. The number of aromatic nitrogens is 2. The molecule has 1 saturated heterocycles. The van der Waals surface area contributed by atoms with Crippen LogP contribution in [0.4, 0.5) is 0 Å². The van der Waals surface area contributed by atoms with Crippen molar-refractivity contribution >= 4 is 22.4 Å². The van der Waals surface area contributed by atoms with Gasteiger partial charge in [-0.05, 0) is 44.5 Å². The largest absolute Gasteiger partial charge is 0.319 e. The average molecular weight is 371 g/mol. The molecule has 0 saturated carbocycles. The molecule has 1 aliphatic heterocycles. The van der Waals surface area contributed by atoms with Crippen molar-refractivity contribution in [3.05, 3.63) is 42.7 Å². The van der Waals surface area contributed by atoms with E-state index in [0.29, 0.717) is 19.0 Å². The number of hydrogen-bond acceptors (Lipinski definition) is 4. The summed E-state index contributed by atoms with van der Waals surface area (Å²) in [7, 11) is -1.53. The van der Waals surface area contributed by atoms with Crippen LogP contribution in [0.2, 0.25) is 0 Å². The van der Waals surface area contributed by atoms with Gasteiger partial charge in [-0.3, -0.25) is 0 Å². The number of nitrogens with one attached hydrogen (secondary N) is 1. The summed E-state index contributed by atoms with van der Waals surface area (Å²) in [6, 6.07) is 9.51. The molecule has 1 aromatic carbocycles. The Kier molecular flexibility index (Phi) is 6.40. The van der Waals surface area contributed by atoms with Crippen molar-refractivity contribution in [1.82, 2.24) is 19.4 Å². The molecule has 1 aliphatic rings. The summed E-state index contributed by atoms with van der Waals surface area (Å²) >= 11 is 0. The molecule has 132 valence electrons. The summed E-state index contributed by atoms with van der Waals surface area (Å²) in [4.78, 5) is 0.258. The van der Waals surface area contributed by atoms with Gasteiger partial charge in [0, 0.05) is 13.1 Å². The molecule has 0 aliphatic carbocycles. The molecule has 0 atom stereocenters. The van der Waals surface area contributed by atoms with Crippen LogP contribution in [-0.4, -0.2) is 49.2 Å². The van der Waals surface area contributed by atoms with Gasteiger partial charge < -0.3 is 5.32 Å². The van der Waals surface area contributed by atoms with Crippen molar-refractivity contribution < 1.29 is 8.42 Å². The Morgan fingerprint density at radius 1 is 1.21 bits per heavy atom. The lowest BCUT2D eigenvalue weighted by atomic mass is 9.98. The van der Waals surface area contributed by atoms with Crippen molar-refractivity contribution in [2.75, 3.05) is 26.7 Å². The predicted molar refractivity (Wildman–Crippen MR) is 96.2 cm³/mol. The molecule has 0 amide bonds. The van der Waals surface area contributed by atoms with Crippen LogP contribution in [0.15, 0.2) is 47.6 Å². The summed E-state index contributed by atoms with van der Waals surface area (Å²) in [6.07, 6.45) is 4.81. The maximum atomic E-state index is 12.8. The second-order valence-corrected chi connectivity index (χ2v) is 7.80. The lowest BCUT2D eigenvalue weighted by Gasteiger charge is -2.30. The van der Waals surface area contributed by atoms with Gasteiger partial charge in [-0.2, -0.15) is 9.40 Å².